The molecule has 54 valence electrons. The van der Waals surface area contributed by atoms with E-state index in [-0.39, 0.29) is 0 Å². The van der Waals surface area contributed by atoms with Crippen molar-refractivity contribution in [3.8, 4) is 0 Å². The van der Waals surface area contributed by atoms with Crippen LogP contribution in [0.2, 0.25) is 0 Å². The van der Waals surface area contributed by atoms with Crippen molar-refractivity contribution in [2.24, 2.45) is 5.92 Å². The van der Waals surface area contributed by atoms with E-state index in [1.807, 2.05) is 0 Å². The minimum absolute atomic E-state index is 0.300. The predicted octanol–water partition coefficient (Wildman–Crippen LogP) is 0.843. The fraction of sp³-hybridized carbons (Fsp3) is 0.625. The Morgan fingerprint density at radius 2 is 2.50 bits per heavy atom. The van der Waals surface area contributed by atoms with Crippen LogP contribution >= 0.6 is 0 Å². The van der Waals surface area contributed by atoms with E-state index in [1.54, 1.807) is 6.08 Å². The second kappa shape index (κ2) is 2.11. The van der Waals surface area contributed by atoms with Gasteiger partial charge in [-0.1, -0.05) is 0 Å². The first-order valence-electron chi connectivity index (χ1n) is 3.84. The number of nitrogens with one attached hydrogen (secondary N) is 1. The van der Waals surface area contributed by atoms with Crippen LogP contribution in [0, 0.1) is 5.92 Å². The number of allylic oxidation sites excluding steroid dienone is 2. The Labute approximate surface area is 60.3 Å². The number of piperidine rings is 1. The molecule has 0 aromatic carbocycles. The molecule has 0 aromatic rings. The van der Waals surface area contributed by atoms with Crippen molar-refractivity contribution >= 4 is 5.78 Å². The largest absolute Gasteiger partial charge is 0.388 e. The molecule has 0 bridgehead atoms. The van der Waals surface area contributed by atoms with Gasteiger partial charge in [0, 0.05) is 30.7 Å². The molecule has 1 fully saturated rings. The Kier molecular flexibility index (Phi) is 1.26. The number of hydrogen-bond donors (Lipinski definition) is 1. The first-order chi connectivity index (χ1) is 4.86. The van der Waals surface area contributed by atoms with Crippen LogP contribution in [0.1, 0.15) is 19.3 Å². The zero-order valence-corrected chi connectivity index (χ0v) is 5.89. The van der Waals surface area contributed by atoms with Crippen LogP contribution in [-0.2, 0) is 4.79 Å². The summed E-state index contributed by atoms with van der Waals surface area (Å²) in [6.07, 6.45) is 4.94. The minimum atomic E-state index is 0.300. The second-order valence-electron chi connectivity index (χ2n) is 3.04. The fourth-order valence-corrected chi connectivity index (χ4v) is 1.74. The fourth-order valence-electron chi connectivity index (χ4n) is 1.74. The Bertz CT molecular complexity index is 195. The molecule has 1 saturated heterocycles. The summed E-state index contributed by atoms with van der Waals surface area (Å²) >= 11 is 0. The summed E-state index contributed by atoms with van der Waals surface area (Å²) in [5.74, 6) is 0.843. The van der Waals surface area contributed by atoms with Gasteiger partial charge >= 0.3 is 0 Å². The average Bonchev–Trinajstić information content (AvgIpc) is 2.27. The van der Waals surface area contributed by atoms with Gasteiger partial charge in [-0.3, -0.25) is 4.79 Å². The molecule has 1 unspecified atom stereocenters. The van der Waals surface area contributed by atoms with E-state index in [4.69, 9.17) is 0 Å². The maximum Gasteiger partial charge on any atom is 0.158 e. The maximum atomic E-state index is 10.9. The van der Waals surface area contributed by atoms with Crippen LogP contribution in [0.5, 0.6) is 0 Å². The molecule has 0 aromatic heterocycles. The Morgan fingerprint density at radius 1 is 1.60 bits per heavy atom. The van der Waals surface area contributed by atoms with Crippen LogP contribution in [0.25, 0.3) is 0 Å². The van der Waals surface area contributed by atoms with Crippen molar-refractivity contribution in [2.45, 2.75) is 19.3 Å². The molecule has 2 heteroatoms. The third kappa shape index (κ3) is 0.838. The van der Waals surface area contributed by atoms with E-state index in [0.29, 0.717) is 11.7 Å². The molecule has 1 N–H and O–H groups in total. The van der Waals surface area contributed by atoms with Crippen molar-refractivity contribution in [1.82, 2.24) is 5.32 Å². The highest BCUT2D eigenvalue weighted by atomic mass is 16.1. The topological polar surface area (TPSA) is 29.1 Å². The van der Waals surface area contributed by atoms with E-state index in [1.165, 1.54) is 18.5 Å². The normalized spacial score (nSPS) is 31.0. The molecule has 10 heavy (non-hydrogen) atoms. The summed E-state index contributed by atoms with van der Waals surface area (Å²) in [5.41, 5.74) is 1.19. The number of ketones is 1. The van der Waals surface area contributed by atoms with Gasteiger partial charge in [-0.05, 0) is 12.8 Å². The van der Waals surface area contributed by atoms with Crippen molar-refractivity contribution < 1.29 is 4.79 Å². The molecule has 2 aliphatic rings. The van der Waals surface area contributed by atoms with Gasteiger partial charge in [0.05, 0.1) is 0 Å². The molecule has 0 radical (unpaired) electrons. The lowest BCUT2D eigenvalue weighted by molar-refractivity contribution is -0.114. The third-order valence-corrected chi connectivity index (χ3v) is 2.26. The van der Waals surface area contributed by atoms with Gasteiger partial charge in [-0.2, -0.15) is 0 Å². The van der Waals surface area contributed by atoms with E-state index in [2.05, 4.69) is 5.32 Å². The van der Waals surface area contributed by atoms with Crippen LogP contribution in [0.4, 0.5) is 0 Å². The second-order valence-corrected chi connectivity index (χ2v) is 3.04. The first-order valence-corrected chi connectivity index (χ1v) is 3.84. The van der Waals surface area contributed by atoms with E-state index in [9.17, 15) is 4.79 Å². The summed E-state index contributed by atoms with van der Waals surface area (Å²) in [5, 5.41) is 3.25. The zero-order chi connectivity index (χ0) is 6.97. The first kappa shape index (κ1) is 5.96. The number of rotatable bonds is 0. The standard InChI is InChI=1S/C8H11NO/c10-7-4-6-2-1-3-9-8(6)5-7/h5-6,9H,1-4H2. The number of carbonyl (C=O) groups is 1. The number of hydrogen-bond acceptors (Lipinski definition) is 2. The van der Waals surface area contributed by atoms with Crippen molar-refractivity contribution in [1.29, 1.82) is 0 Å². The molecule has 1 aliphatic carbocycles. The highest BCUT2D eigenvalue weighted by molar-refractivity contribution is 5.93. The number of carbonyl (C=O) groups excluding carboxylic acids is 1. The highest BCUT2D eigenvalue weighted by Gasteiger charge is 2.26. The van der Waals surface area contributed by atoms with Gasteiger partial charge in [-0.25, -0.2) is 0 Å². The van der Waals surface area contributed by atoms with Crippen LogP contribution in [-0.4, -0.2) is 12.3 Å². The van der Waals surface area contributed by atoms with Gasteiger partial charge in [-0.15, -0.1) is 0 Å². The molecule has 1 heterocycles. The lowest BCUT2D eigenvalue weighted by Crippen LogP contribution is -2.24. The molecule has 2 nitrogen and oxygen atoms in total. The van der Waals surface area contributed by atoms with Crippen molar-refractivity contribution in [3.05, 3.63) is 11.8 Å². The minimum Gasteiger partial charge on any atom is -0.388 e. The van der Waals surface area contributed by atoms with Gasteiger partial charge in [0.15, 0.2) is 5.78 Å². The van der Waals surface area contributed by atoms with Crippen molar-refractivity contribution in [3.63, 3.8) is 0 Å². The van der Waals surface area contributed by atoms with Gasteiger partial charge in [0.2, 0.25) is 0 Å². The predicted molar refractivity (Wildman–Crippen MR) is 38.4 cm³/mol. The molecular formula is C8H11NO. The van der Waals surface area contributed by atoms with Crippen LogP contribution in [0.3, 0.4) is 0 Å². The SMILES string of the molecule is O=C1C=C2NCCCC2C1. The van der Waals surface area contributed by atoms with Crippen molar-refractivity contribution in [2.75, 3.05) is 6.54 Å². The van der Waals surface area contributed by atoms with E-state index < -0.39 is 0 Å². The summed E-state index contributed by atoms with van der Waals surface area (Å²) in [7, 11) is 0. The summed E-state index contributed by atoms with van der Waals surface area (Å²) in [6.45, 7) is 1.05. The molecule has 2 rings (SSSR count). The molecule has 0 amide bonds. The molecular weight excluding hydrogens is 126 g/mol. The monoisotopic (exact) mass is 137 g/mol. The lowest BCUT2D eigenvalue weighted by atomic mass is 9.97. The Balaban J connectivity index is 2.17. The van der Waals surface area contributed by atoms with Crippen LogP contribution in [0.15, 0.2) is 11.8 Å². The van der Waals surface area contributed by atoms with Gasteiger partial charge in [0.25, 0.3) is 0 Å². The van der Waals surface area contributed by atoms with Gasteiger partial charge in [0.1, 0.15) is 0 Å². The van der Waals surface area contributed by atoms with Crippen LogP contribution < -0.4 is 5.32 Å². The molecule has 0 saturated carbocycles. The quantitative estimate of drug-likeness (QED) is 0.536. The lowest BCUT2D eigenvalue weighted by Gasteiger charge is -2.21. The maximum absolute atomic E-state index is 10.9. The molecule has 0 spiro atoms. The van der Waals surface area contributed by atoms with E-state index in [0.717, 1.165) is 13.0 Å². The summed E-state index contributed by atoms with van der Waals surface area (Å²) in [4.78, 5) is 10.9. The third-order valence-electron chi connectivity index (χ3n) is 2.26. The number of fused-ring (bicyclic) bond motifs is 1. The smallest absolute Gasteiger partial charge is 0.158 e. The molecule has 1 atom stereocenters. The Morgan fingerprint density at radius 3 is 3.30 bits per heavy atom. The summed E-state index contributed by atoms with van der Waals surface area (Å²) in [6, 6.07) is 0. The summed E-state index contributed by atoms with van der Waals surface area (Å²) < 4.78 is 0. The Hall–Kier alpha value is -0.790. The molecule has 1 aliphatic heterocycles. The zero-order valence-electron chi connectivity index (χ0n) is 5.89. The van der Waals surface area contributed by atoms with E-state index >= 15 is 0 Å². The average molecular weight is 137 g/mol. The highest BCUT2D eigenvalue weighted by Crippen LogP contribution is 2.28. The van der Waals surface area contributed by atoms with Gasteiger partial charge < -0.3 is 5.32 Å².